The molecule has 4 heteroatoms. The minimum atomic E-state index is -0.0622. The molecule has 2 N–H and O–H groups in total. The topological polar surface area (TPSA) is 54.1 Å². The Balaban J connectivity index is 2.34. The van der Waals surface area contributed by atoms with Gasteiger partial charge >= 0.3 is 0 Å². The van der Waals surface area contributed by atoms with Gasteiger partial charge in [0.05, 0.1) is 11.8 Å². The summed E-state index contributed by atoms with van der Waals surface area (Å²) in [6.07, 6.45) is 0.0888. The zero-order valence-electron chi connectivity index (χ0n) is 12.8. The summed E-state index contributed by atoms with van der Waals surface area (Å²) < 4.78 is 5.80. The fourth-order valence-corrected chi connectivity index (χ4v) is 2.11. The number of benzene rings is 1. The van der Waals surface area contributed by atoms with Crippen LogP contribution in [0.1, 0.15) is 26.3 Å². The molecule has 0 spiro atoms. The molecule has 4 nitrogen and oxygen atoms in total. The van der Waals surface area contributed by atoms with Crippen LogP contribution in [0.15, 0.2) is 41.2 Å². The first-order valence-electron chi connectivity index (χ1n) is 7.30. The third-order valence-corrected chi connectivity index (χ3v) is 3.10. The Kier molecular flexibility index (Phi) is 5.17. The number of aromatic nitrogens is 1. The first-order chi connectivity index (χ1) is 10.1. The van der Waals surface area contributed by atoms with E-state index in [1.165, 1.54) is 0 Å². The molecule has 21 heavy (non-hydrogen) atoms. The molecular formula is C17H22N2O2. The Labute approximate surface area is 125 Å². The summed E-state index contributed by atoms with van der Waals surface area (Å²) in [5.74, 6) is 0.780. The predicted molar refractivity (Wildman–Crippen MR) is 85.6 cm³/mol. The number of H-pyrrole nitrogens is 1. The van der Waals surface area contributed by atoms with Gasteiger partial charge in [-0.2, -0.15) is 0 Å². The van der Waals surface area contributed by atoms with Gasteiger partial charge < -0.3 is 15.0 Å². The van der Waals surface area contributed by atoms with E-state index in [0.29, 0.717) is 6.54 Å². The van der Waals surface area contributed by atoms with Crippen LogP contribution in [0.2, 0.25) is 0 Å². The number of nitrogens with one attached hydrogen (secondary N) is 2. The smallest absolute Gasteiger partial charge is 0.252 e. The second-order valence-electron chi connectivity index (χ2n) is 5.17. The van der Waals surface area contributed by atoms with Crippen LogP contribution in [0.4, 0.5) is 0 Å². The molecule has 0 unspecified atom stereocenters. The largest absolute Gasteiger partial charge is 0.490 e. The van der Waals surface area contributed by atoms with Crippen molar-refractivity contribution in [3.63, 3.8) is 0 Å². The third-order valence-electron chi connectivity index (χ3n) is 3.10. The summed E-state index contributed by atoms with van der Waals surface area (Å²) >= 11 is 0. The molecular weight excluding hydrogens is 264 g/mol. The zero-order valence-corrected chi connectivity index (χ0v) is 12.8. The van der Waals surface area contributed by atoms with Gasteiger partial charge in [-0.25, -0.2) is 0 Å². The molecule has 1 heterocycles. The van der Waals surface area contributed by atoms with Crippen molar-refractivity contribution >= 4 is 0 Å². The molecule has 0 aliphatic heterocycles. The predicted octanol–water partition coefficient (Wildman–Crippen LogP) is 2.94. The van der Waals surface area contributed by atoms with Gasteiger partial charge in [-0.1, -0.05) is 25.1 Å². The van der Waals surface area contributed by atoms with Crippen molar-refractivity contribution < 1.29 is 4.74 Å². The normalized spacial score (nSPS) is 10.9. The fourth-order valence-electron chi connectivity index (χ4n) is 2.11. The van der Waals surface area contributed by atoms with Crippen LogP contribution in [-0.4, -0.2) is 17.6 Å². The molecule has 0 amide bonds. The lowest BCUT2D eigenvalue weighted by Gasteiger charge is -2.14. The second kappa shape index (κ2) is 7.09. The maximum absolute atomic E-state index is 12.1. The first-order valence-corrected chi connectivity index (χ1v) is 7.30. The summed E-state index contributed by atoms with van der Waals surface area (Å²) in [6, 6.07) is 11.5. The Hall–Kier alpha value is -2.07. The highest BCUT2D eigenvalue weighted by molar-refractivity contribution is 5.67. The van der Waals surface area contributed by atoms with Crippen LogP contribution >= 0.6 is 0 Å². The fraction of sp³-hybridized carbons (Fsp3) is 0.353. The van der Waals surface area contributed by atoms with Crippen molar-refractivity contribution in [2.75, 3.05) is 6.54 Å². The molecule has 0 aliphatic carbocycles. The monoisotopic (exact) mass is 286 g/mol. The van der Waals surface area contributed by atoms with Crippen molar-refractivity contribution in [2.24, 2.45) is 0 Å². The van der Waals surface area contributed by atoms with Gasteiger partial charge in [0.2, 0.25) is 0 Å². The van der Waals surface area contributed by atoms with Gasteiger partial charge in [-0.05, 0) is 38.6 Å². The zero-order chi connectivity index (χ0) is 15.2. The standard InChI is InChI=1S/C17H22N2O2/c1-4-18-11-13-9-10-15(19-17(13)20)14-7-5-6-8-16(14)21-12(2)3/h5-10,12,18H,4,11H2,1-3H3,(H,19,20). The average Bonchev–Trinajstić information content (AvgIpc) is 2.46. The number of rotatable bonds is 6. The molecule has 2 aromatic rings. The maximum Gasteiger partial charge on any atom is 0.252 e. The van der Waals surface area contributed by atoms with E-state index in [9.17, 15) is 4.79 Å². The summed E-state index contributed by atoms with van der Waals surface area (Å²) in [5, 5.41) is 3.16. The molecule has 0 saturated carbocycles. The Bertz CT molecular complexity index is 647. The highest BCUT2D eigenvalue weighted by atomic mass is 16.5. The molecule has 112 valence electrons. The van der Waals surface area contributed by atoms with Crippen molar-refractivity contribution in [3.8, 4) is 17.0 Å². The van der Waals surface area contributed by atoms with Crippen LogP contribution < -0.4 is 15.6 Å². The summed E-state index contributed by atoms with van der Waals surface area (Å²) in [7, 11) is 0. The van der Waals surface area contributed by atoms with Crippen LogP contribution in [0.3, 0.4) is 0 Å². The summed E-state index contributed by atoms with van der Waals surface area (Å²) in [6.45, 7) is 7.41. The number of hydrogen-bond acceptors (Lipinski definition) is 3. The van der Waals surface area contributed by atoms with E-state index >= 15 is 0 Å². The molecule has 0 aliphatic rings. The average molecular weight is 286 g/mol. The lowest BCUT2D eigenvalue weighted by molar-refractivity contribution is 0.243. The highest BCUT2D eigenvalue weighted by Gasteiger charge is 2.09. The Morgan fingerprint density at radius 3 is 2.62 bits per heavy atom. The van der Waals surface area contributed by atoms with Gasteiger partial charge in [-0.3, -0.25) is 4.79 Å². The lowest BCUT2D eigenvalue weighted by Crippen LogP contribution is -2.20. The number of aromatic amines is 1. The molecule has 0 saturated heterocycles. The van der Waals surface area contributed by atoms with E-state index in [4.69, 9.17) is 4.74 Å². The molecule has 1 aromatic carbocycles. The molecule has 0 fully saturated rings. The first kappa shape index (κ1) is 15.3. The minimum absolute atomic E-state index is 0.0622. The van der Waals surface area contributed by atoms with Crippen LogP contribution in [0.25, 0.3) is 11.3 Å². The van der Waals surface area contributed by atoms with E-state index in [0.717, 1.165) is 29.1 Å². The summed E-state index contributed by atoms with van der Waals surface area (Å²) in [4.78, 5) is 15.1. The van der Waals surface area contributed by atoms with E-state index in [-0.39, 0.29) is 11.7 Å². The Morgan fingerprint density at radius 1 is 1.19 bits per heavy atom. The van der Waals surface area contributed by atoms with Gasteiger partial charge in [-0.15, -0.1) is 0 Å². The van der Waals surface area contributed by atoms with Crippen LogP contribution in [-0.2, 0) is 6.54 Å². The lowest BCUT2D eigenvalue weighted by atomic mass is 10.1. The highest BCUT2D eigenvalue weighted by Crippen LogP contribution is 2.28. The quantitative estimate of drug-likeness (QED) is 0.858. The number of ether oxygens (including phenoxy) is 1. The van der Waals surface area contributed by atoms with Crippen molar-refractivity contribution in [1.82, 2.24) is 10.3 Å². The van der Waals surface area contributed by atoms with Gasteiger partial charge in [0.15, 0.2) is 0 Å². The minimum Gasteiger partial charge on any atom is -0.490 e. The van der Waals surface area contributed by atoms with E-state index < -0.39 is 0 Å². The van der Waals surface area contributed by atoms with Gasteiger partial charge in [0.25, 0.3) is 5.56 Å². The molecule has 0 radical (unpaired) electrons. The van der Waals surface area contributed by atoms with Crippen molar-refractivity contribution in [1.29, 1.82) is 0 Å². The maximum atomic E-state index is 12.1. The summed E-state index contributed by atoms with van der Waals surface area (Å²) in [5.41, 5.74) is 2.35. The third kappa shape index (κ3) is 3.95. The van der Waals surface area contributed by atoms with Crippen LogP contribution in [0, 0.1) is 0 Å². The number of para-hydroxylation sites is 1. The van der Waals surface area contributed by atoms with E-state index in [2.05, 4.69) is 10.3 Å². The van der Waals surface area contributed by atoms with Gasteiger partial charge in [0.1, 0.15) is 5.75 Å². The Morgan fingerprint density at radius 2 is 1.95 bits per heavy atom. The number of hydrogen-bond donors (Lipinski definition) is 2. The van der Waals surface area contributed by atoms with Crippen molar-refractivity contribution in [2.45, 2.75) is 33.4 Å². The second-order valence-corrected chi connectivity index (χ2v) is 5.17. The number of pyridine rings is 1. The van der Waals surface area contributed by atoms with Crippen molar-refractivity contribution in [3.05, 3.63) is 52.3 Å². The van der Waals surface area contributed by atoms with E-state index in [1.807, 2.05) is 57.2 Å². The molecule has 0 bridgehead atoms. The molecule has 0 atom stereocenters. The molecule has 2 rings (SSSR count). The SMILES string of the molecule is CCNCc1ccc(-c2ccccc2OC(C)C)[nH]c1=O. The van der Waals surface area contributed by atoms with Crippen LogP contribution in [0.5, 0.6) is 5.75 Å². The van der Waals surface area contributed by atoms with Gasteiger partial charge in [0, 0.05) is 17.7 Å². The molecule has 1 aromatic heterocycles. The van der Waals surface area contributed by atoms with E-state index in [1.54, 1.807) is 0 Å².